The molecule has 0 saturated heterocycles. The molecule has 0 N–H and O–H groups in total. The van der Waals surface area contributed by atoms with Gasteiger partial charge in [-0.15, -0.1) is 0 Å². The van der Waals surface area contributed by atoms with E-state index in [0.29, 0.717) is 40.5 Å². The summed E-state index contributed by atoms with van der Waals surface area (Å²) in [6.07, 6.45) is 27.6. The summed E-state index contributed by atoms with van der Waals surface area (Å²) in [6, 6.07) is 77.4. The van der Waals surface area contributed by atoms with Crippen LogP contribution in [0.15, 0.2) is 267 Å². The van der Waals surface area contributed by atoms with Crippen LogP contribution in [0.25, 0.3) is 197 Å². The van der Waals surface area contributed by atoms with Crippen LogP contribution in [-0.4, -0.2) is 8.07 Å². The van der Waals surface area contributed by atoms with Crippen LogP contribution in [0.4, 0.5) is 22.7 Å². The number of aromatic nitrogens is 4. The molecule has 0 aliphatic heterocycles. The quantitative estimate of drug-likeness (QED) is 0.0693. The van der Waals surface area contributed by atoms with Crippen molar-refractivity contribution in [2.45, 2.75) is 203 Å². The first-order valence-electron chi connectivity index (χ1n) is 51.3. The van der Waals surface area contributed by atoms with Gasteiger partial charge in [0.25, 0.3) is 0 Å². The maximum Gasteiger partial charge on any atom is 0.216 e. The van der Waals surface area contributed by atoms with E-state index < -0.39 is 8.07 Å². The van der Waals surface area contributed by atoms with Gasteiger partial charge in [0.05, 0.1) is 56.6 Å². The first kappa shape index (κ1) is 96.1. The highest BCUT2D eigenvalue weighted by Crippen LogP contribution is 2.53. The average Bonchev–Trinajstić information content (AvgIpc) is 1.58. The molecule has 714 valence electrons. The Morgan fingerprint density at radius 2 is 0.514 bits per heavy atom. The molecule has 3 aliphatic rings. The SMILES string of the molecule is [C-]#[N+]c1ccc2c(oc3c(-c4cc(C)c(C5CCCC5)c[n+]4C)c(C)cc(C)c32)c1-c1ccccc1.[C-]#[N+]c1ccc2c(oc3c(-c4cc(C)c(C5CCCCC5)c[n+]4C)c(C)cc(C)c32)c1-c1ccccc1.[C-]#[N+]c1ccc2c(oc3c(-c4cc(C5CCCCC5)c(C)c[n+]4C)c(C)cc(C)c32)c1-c1ccccc1.[C-]#[N+]c1ccc2c(oc3c(-c4cc([Si](C)(C)C)cc[n+]4C)c(C)cc(C)c32)c1-c1ccccc1. The fraction of sp³-hybridized carbons (Fsp3) is 0.267. The third kappa shape index (κ3) is 17.4. The lowest BCUT2D eigenvalue weighted by Crippen LogP contribution is -2.42. The highest BCUT2D eigenvalue weighted by atomic mass is 28.3. The minimum Gasteiger partial charge on any atom is -0.456 e. The molecule has 0 amide bonds. The topological polar surface area (TPSA) is 85.5 Å². The monoisotopic (exact) mass is 1900 g/mol. The summed E-state index contributed by atoms with van der Waals surface area (Å²) < 4.78 is 36.2. The normalized spacial score (nSPS) is 13.7. The van der Waals surface area contributed by atoms with E-state index in [4.69, 9.17) is 44.0 Å². The fourth-order valence-electron chi connectivity index (χ4n) is 24.4. The minimum absolute atomic E-state index is 0.611. The van der Waals surface area contributed by atoms with Gasteiger partial charge in [0, 0.05) is 112 Å². The zero-order valence-corrected chi connectivity index (χ0v) is 87.5. The van der Waals surface area contributed by atoms with Crippen LogP contribution >= 0.6 is 0 Å². The van der Waals surface area contributed by atoms with Crippen molar-refractivity contribution in [3.05, 3.63) is 373 Å². The molecule has 0 spiro atoms. The number of benzene rings is 12. The summed E-state index contributed by atoms with van der Waals surface area (Å²) in [5.74, 6) is 1.98. The maximum atomic E-state index is 7.85. The van der Waals surface area contributed by atoms with Gasteiger partial charge >= 0.3 is 0 Å². The standard InChI is InChI=1S/2C34H33N2O.C33H31N2O.C30H29N2OSi/c1-21-19-29(36(5)20-27(21)24-12-8-6-9-13-24)31-23(3)18-22(2)30-26-16-17-28(35-4)32(33(26)37-34(30)31)25-14-10-7-11-15-25;1-21-18-22(2)31(29-19-27(23(3)20-36(29)5)24-12-8-6-9-13-24)34-30(21)26-16-17-28(35-4)32(33(26)37-34)25-14-10-7-11-15-25;1-20-18-28(35(5)19-26(20)23-11-9-10-12-23)30-22(3)17-21(2)29-25-15-16-27(34-4)31(32(25)36-33(29)30)24-13-7-6-8-14-24;1-19-17-20(2)27(25-18-22(34(5,6)7)15-16-32(25)4)30-26(19)23-13-14-24(31-3)28(29(23)33-30)21-11-9-8-10-12-21/h2*7,10-11,14-20,24H,6,8-9,12-13H2,1-3,5H3;6-8,13-19,23H,9-12H2,1-3,5H3;8-18H,1-2,4-7H3/q4*+1. The predicted molar refractivity (Wildman–Crippen MR) is 596 cm³/mol. The number of nitrogens with zero attached hydrogens (tertiary/aromatic N) is 8. The van der Waals surface area contributed by atoms with Gasteiger partial charge in [-0.1, -0.05) is 265 Å². The lowest BCUT2D eigenvalue weighted by atomic mass is 9.82. The second-order valence-electron chi connectivity index (χ2n) is 42.1. The van der Waals surface area contributed by atoms with E-state index in [2.05, 4.69) is 296 Å². The number of rotatable bonds is 12. The summed E-state index contributed by atoms with van der Waals surface area (Å²) in [6.45, 7) is 62.6. The molecule has 3 fully saturated rings. The number of aryl methyl sites for hydroxylation is 15. The molecule has 8 aromatic heterocycles. The zero-order chi connectivity index (χ0) is 101. The zero-order valence-electron chi connectivity index (χ0n) is 86.5. The Balaban J connectivity index is 0.000000117. The Hall–Kier alpha value is -15.4. The van der Waals surface area contributed by atoms with Crippen molar-refractivity contribution in [3.63, 3.8) is 0 Å². The fourth-order valence-corrected chi connectivity index (χ4v) is 25.5. The summed E-state index contributed by atoms with van der Waals surface area (Å²) in [7, 11) is 7.08. The summed E-state index contributed by atoms with van der Waals surface area (Å²) in [5.41, 5.74) is 44.2. The maximum absolute atomic E-state index is 7.85. The van der Waals surface area contributed by atoms with Gasteiger partial charge in [0.2, 0.25) is 22.8 Å². The van der Waals surface area contributed by atoms with Crippen molar-refractivity contribution in [1.82, 2.24) is 0 Å². The van der Waals surface area contributed by atoms with E-state index >= 15 is 0 Å². The minimum atomic E-state index is -1.49. The molecule has 20 aromatic rings. The van der Waals surface area contributed by atoms with Crippen LogP contribution < -0.4 is 23.5 Å². The predicted octanol–water partition coefficient (Wildman–Crippen LogP) is 34.9. The highest BCUT2D eigenvalue weighted by molar-refractivity contribution is 6.88. The number of pyridine rings is 4. The first-order chi connectivity index (χ1) is 69.6. The average molecular weight is 1900 g/mol. The van der Waals surface area contributed by atoms with Crippen LogP contribution in [0.3, 0.4) is 0 Å². The Labute approximate surface area is 847 Å². The van der Waals surface area contributed by atoms with Crippen molar-refractivity contribution in [3.8, 4) is 89.5 Å². The van der Waals surface area contributed by atoms with E-state index in [1.54, 1.807) is 0 Å². The Morgan fingerprint density at radius 3 is 0.799 bits per heavy atom. The molecule has 12 nitrogen and oxygen atoms in total. The molecule has 144 heavy (non-hydrogen) atoms. The van der Waals surface area contributed by atoms with Gasteiger partial charge < -0.3 is 17.7 Å². The molecule has 3 aliphatic carbocycles. The molecule has 0 radical (unpaired) electrons. The number of fused-ring (bicyclic) bond motifs is 12. The smallest absolute Gasteiger partial charge is 0.216 e. The van der Waals surface area contributed by atoms with E-state index in [0.717, 1.165) is 160 Å². The van der Waals surface area contributed by atoms with E-state index in [9.17, 15) is 0 Å². The Morgan fingerprint density at radius 1 is 0.250 bits per heavy atom. The largest absolute Gasteiger partial charge is 0.456 e. The van der Waals surface area contributed by atoms with Crippen molar-refractivity contribution >= 4 is 124 Å². The number of hydrogen-bond acceptors (Lipinski definition) is 4. The summed E-state index contributed by atoms with van der Waals surface area (Å²) in [5, 5.41) is 10.2. The molecule has 0 atom stereocenters. The van der Waals surface area contributed by atoms with Gasteiger partial charge in [-0.2, -0.15) is 0 Å². The third-order valence-corrected chi connectivity index (χ3v) is 33.4. The molecule has 12 aromatic carbocycles. The molecule has 8 heterocycles. The van der Waals surface area contributed by atoms with Gasteiger partial charge in [0.15, 0.2) is 47.5 Å². The molecular weight excluding hydrogens is 1780 g/mol. The van der Waals surface area contributed by atoms with Crippen LogP contribution in [-0.2, 0) is 28.2 Å². The van der Waals surface area contributed by atoms with Crippen LogP contribution in [0, 0.1) is 102 Å². The summed E-state index contributed by atoms with van der Waals surface area (Å²) in [4.78, 5) is 15.4. The molecule has 0 unspecified atom stereocenters. The molecule has 23 rings (SSSR count). The van der Waals surface area contributed by atoms with Crippen LogP contribution in [0.2, 0.25) is 19.6 Å². The Kier molecular flexibility index (Phi) is 26.4. The second kappa shape index (κ2) is 39.5. The molecule has 3 saturated carbocycles. The van der Waals surface area contributed by atoms with Crippen molar-refractivity contribution in [1.29, 1.82) is 0 Å². The van der Waals surface area contributed by atoms with Gasteiger partial charge in [-0.05, 0) is 221 Å². The van der Waals surface area contributed by atoms with Gasteiger partial charge in [-0.25, -0.2) is 37.6 Å². The van der Waals surface area contributed by atoms with Gasteiger partial charge in [-0.3, -0.25) is 0 Å². The van der Waals surface area contributed by atoms with Gasteiger partial charge in [0.1, 0.15) is 72.9 Å². The van der Waals surface area contributed by atoms with Crippen LogP contribution in [0.5, 0.6) is 0 Å². The van der Waals surface area contributed by atoms with Crippen molar-refractivity contribution < 1.29 is 35.9 Å². The van der Waals surface area contributed by atoms with Crippen LogP contribution in [0.1, 0.15) is 186 Å². The van der Waals surface area contributed by atoms with Crippen molar-refractivity contribution in [2.24, 2.45) is 28.2 Å². The molecule has 13 heteroatoms. The van der Waals surface area contributed by atoms with E-state index in [1.807, 2.05) is 115 Å². The third-order valence-electron chi connectivity index (χ3n) is 31.4. The molecule has 0 bridgehead atoms. The lowest BCUT2D eigenvalue weighted by molar-refractivity contribution is -0.661. The lowest BCUT2D eigenvalue weighted by Gasteiger charge is -2.23. The Bertz CT molecular complexity index is 8720. The van der Waals surface area contributed by atoms with Crippen molar-refractivity contribution in [2.75, 3.05) is 0 Å². The second-order valence-corrected chi connectivity index (χ2v) is 47.1. The first-order valence-corrected chi connectivity index (χ1v) is 54.8. The number of hydrogen-bond donors (Lipinski definition) is 0. The van der Waals surface area contributed by atoms with E-state index in [1.165, 1.54) is 190 Å². The summed E-state index contributed by atoms with van der Waals surface area (Å²) >= 11 is 0. The number of furan rings is 4. The highest BCUT2D eigenvalue weighted by Gasteiger charge is 2.35. The van der Waals surface area contributed by atoms with E-state index in [-0.39, 0.29) is 0 Å². The molecular formula is C131H126N8O4Si+4.